The zero-order chi connectivity index (χ0) is 18.2. The van der Waals surface area contributed by atoms with E-state index in [2.05, 4.69) is 25.8 Å². The van der Waals surface area contributed by atoms with Crippen molar-refractivity contribution in [2.24, 2.45) is 0 Å². The van der Waals surface area contributed by atoms with Crippen LogP contribution in [0.3, 0.4) is 0 Å². The van der Waals surface area contributed by atoms with Crippen LogP contribution >= 0.6 is 11.3 Å². The van der Waals surface area contributed by atoms with Gasteiger partial charge in [0.2, 0.25) is 0 Å². The van der Waals surface area contributed by atoms with Crippen molar-refractivity contribution < 1.29 is 4.74 Å². The molecule has 27 heavy (non-hydrogen) atoms. The fraction of sp³-hybridized carbons (Fsp3) is 0.632. The van der Waals surface area contributed by atoms with E-state index >= 15 is 0 Å². The highest BCUT2D eigenvalue weighted by Gasteiger charge is 2.25. The molecule has 2 aromatic rings. The summed E-state index contributed by atoms with van der Waals surface area (Å²) in [5.74, 6) is 2.91. The molecule has 3 aliphatic rings. The van der Waals surface area contributed by atoms with Crippen molar-refractivity contribution in [3.8, 4) is 0 Å². The number of morpholine rings is 1. The maximum Gasteiger partial charge on any atom is 0.185 e. The van der Waals surface area contributed by atoms with E-state index in [0.717, 1.165) is 76.4 Å². The Morgan fingerprint density at radius 2 is 1.52 bits per heavy atom. The first kappa shape index (κ1) is 17.2. The smallest absolute Gasteiger partial charge is 0.185 e. The summed E-state index contributed by atoms with van der Waals surface area (Å²) in [5, 5.41) is 1.22. The SMILES string of the molecule is Cc1nc(N2CCOCC2)cc(N2CCN(c3nc4c(s3)CCC4)CC2)n1. The number of aromatic nitrogens is 3. The van der Waals surface area contributed by atoms with Crippen molar-refractivity contribution >= 4 is 28.1 Å². The number of piperazine rings is 1. The Bertz CT molecular complexity index is 789. The topological polar surface area (TPSA) is 57.6 Å². The van der Waals surface area contributed by atoms with Gasteiger partial charge in [-0.05, 0) is 26.2 Å². The molecular weight excluding hydrogens is 360 g/mol. The van der Waals surface area contributed by atoms with Gasteiger partial charge in [0, 0.05) is 50.2 Å². The van der Waals surface area contributed by atoms with Crippen molar-refractivity contribution in [2.45, 2.75) is 26.2 Å². The van der Waals surface area contributed by atoms with Crippen molar-refractivity contribution in [2.75, 3.05) is 67.2 Å². The molecule has 0 aromatic carbocycles. The molecule has 7 nitrogen and oxygen atoms in total. The van der Waals surface area contributed by atoms with Crippen LogP contribution in [0.2, 0.25) is 0 Å². The Morgan fingerprint density at radius 1 is 0.852 bits per heavy atom. The maximum absolute atomic E-state index is 5.47. The van der Waals surface area contributed by atoms with Crippen LogP contribution < -0.4 is 14.7 Å². The summed E-state index contributed by atoms with van der Waals surface area (Å²) in [4.78, 5) is 22.9. The van der Waals surface area contributed by atoms with Gasteiger partial charge < -0.3 is 19.4 Å². The molecule has 2 saturated heterocycles. The lowest BCUT2D eigenvalue weighted by atomic mass is 10.3. The van der Waals surface area contributed by atoms with Gasteiger partial charge in [-0.25, -0.2) is 15.0 Å². The average molecular weight is 387 g/mol. The van der Waals surface area contributed by atoms with Gasteiger partial charge >= 0.3 is 0 Å². The number of nitrogens with zero attached hydrogens (tertiary/aromatic N) is 6. The molecule has 4 heterocycles. The monoisotopic (exact) mass is 386 g/mol. The molecule has 0 N–H and O–H groups in total. The van der Waals surface area contributed by atoms with Gasteiger partial charge in [-0.1, -0.05) is 0 Å². The zero-order valence-electron chi connectivity index (χ0n) is 15.9. The van der Waals surface area contributed by atoms with E-state index in [1.807, 2.05) is 18.3 Å². The molecule has 2 fully saturated rings. The lowest BCUT2D eigenvalue weighted by Crippen LogP contribution is -2.47. The van der Waals surface area contributed by atoms with E-state index in [4.69, 9.17) is 14.7 Å². The highest BCUT2D eigenvalue weighted by Crippen LogP contribution is 2.33. The van der Waals surface area contributed by atoms with Crippen molar-refractivity contribution in [1.82, 2.24) is 15.0 Å². The Morgan fingerprint density at radius 3 is 2.22 bits per heavy atom. The Hall–Kier alpha value is -1.93. The second kappa shape index (κ2) is 7.24. The van der Waals surface area contributed by atoms with Gasteiger partial charge in [0.15, 0.2) is 5.13 Å². The molecule has 0 radical (unpaired) electrons. The molecule has 5 rings (SSSR count). The Balaban J connectivity index is 1.28. The minimum Gasteiger partial charge on any atom is -0.378 e. The van der Waals surface area contributed by atoms with Crippen LogP contribution in [0.15, 0.2) is 6.07 Å². The predicted molar refractivity (Wildman–Crippen MR) is 108 cm³/mol. The molecule has 144 valence electrons. The van der Waals surface area contributed by atoms with Crippen molar-refractivity contribution in [1.29, 1.82) is 0 Å². The third-order valence-corrected chi connectivity index (χ3v) is 6.82. The van der Waals surface area contributed by atoms with Crippen LogP contribution in [-0.2, 0) is 17.6 Å². The number of thiazole rings is 1. The van der Waals surface area contributed by atoms with Crippen molar-refractivity contribution in [3.05, 3.63) is 22.5 Å². The number of fused-ring (bicyclic) bond motifs is 1. The van der Waals surface area contributed by atoms with Gasteiger partial charge in [-0.3, -0.25) is 0 Å². The first-order chi connectivity index (χ1) is 13.3. The summed E-state index contributed by atoms with van der Waals surface area (Å²) in [6, 6.07) is 2.14. The molecule has 2 aliphatic heterocycles. The van der Waals surface area contributed by atoms with Gasteiger partial charge in [0.05, 0.1) is 18.9 Å². The Kier molecular flexibility index (Phi) is 4.61. The summed E-state index contributed by atoms with van der Waals surface area (Å²) >= 11 is 1.90. The van der Waals surface area contributed by atoms with E-state index in [9.17, 15) is 0 Å². The summed E-state index contributed by atoms with van der Waals surface area (Å²) in [7, 11) is 0. The third kappa shape index (κ3) is 3.48. The summed E-state index contributed by atoms with van der Waals surface area (Å²) in [6.45, 7) is 9.29. The molecule has 1 aliphatic carbocycles. The molecule has 0 spiro atoms. The Labute approximate surface area is 164 Å². The number of hydrogen-bond donors (Lipinski definition) is 0. The van der Waals surface area contributed by atoms with E-state index in [1.165, 1.54) is 28.5 Å². The maximum atomic E-state index is 5.47. The van der Waals surface area contributed by atoms with Gasteiger partial charge in [-0.15, -0.1) is 11.3 Å². The fourth-order valence-electron chi connectivity index (χ4n) is 4.09. The van der Waals surface area contributed by atoms with E-state index in [-0.39, 0.29) is 0 Å². The third-order valence-electron chi connectivity index (χ3n) is 5.60. The lowest BCUT2D eigenvalue weighted by Gasteiger charge is -2.36. The molecule has 0 amide bonds. The number of hydrogen-bond acceptors (Lipinski definition) is 8. The van der Waals surface area contributed by atoms with E-state index < -0.39 is 0 Å². The lowest BCUT2D eigenvalue weighted by molar-refractivity contribution is 0.122. The van der Waals surface area contributed by atoms with Gasteiger partial charge in [0.1, 0.15) is 17.5 Å². The normalized spacial score (nSPS) is 20.3. The van der Waals surface area contributed by atoms with Crippen LogP contribution in [-0.4, -0.2) is 67.4 Å². The molecule has 0 atom stereocenters. The molecule has 0 unspecified atom stereocenters. The van der Waals surface area contributed by atoms with Crippen LogP contribution in [0, 0.1) is 6.92 Å². The largest absolute Gasteiger partial charge is 0.378 e. The summed E-state index contributed by atoms with van der Waals surface area (Å²) in [6.07, 6.45) is 3.66. The average Bonchev–Trinajstić information content (AvgIpc) is 3.31. The predicted octanol–water partition coefficient (Wildman–Crippen LogP) is 1.89. The molecular formula is C19H26N6OS. The first-order valence-electron chi connectivity index (χ1n) is 9.93. The summed E-state index contributed by atoms with van der Waals surface area (Å²) < 4.78 is 5.47. The summed E-state index contributed by atoms with van der Waals surface area (Å²) in [5.41, 5.74) is 1.35. The number of anilines is 3. The van der Waals surface area contributed by atoms with Crippen LogP contribution in [0.25, 0.3) is 0 Å². The minimum atomic E-state index is 0.773. The number of aryl methyl sites for hydroxylation is 3. The van der Waals surface area contributed by atoms with E-state index in [0.29, 0.717) is 0 Å². The molecule has 2 aromatic heterocycles. The molecule has 8 heteroatoms. The van der Waals surface area contributed by atoms with Gasteiger partial charge in [0.25, 0.3) is 0 Å². The quantitative estimate of drug-likeness (QED) is 0.798. The standard InChI is InChI=1S/C19H26N6OS/c1-14-20-17(13-18(21-14)24-9-11-26-12-10-24)23-5-7-25(8-6-23)19-22-15-3-2-4-16(15)27-19/h13H,2-12H2,1H3. The fourth-order valence-corrected chi connectivity index (χ4v) is 5.29. The van der Waals surface area contributed by atoms with Crippen LogP contribution in [0.5, 0.6) is 0 Å². The van der Waals surface area contributed by atoms with Crippen LogP contribution in [0.4, 0.5) is 16.8 Å². The second-order valence-corrected chi connectivity index (χ2v) is 8.49. The van der Waals surface area contributed by atoms with Crippen molar-refractivity contribution in [3.63, 3.8) is 0 Å². The first-order valence-corrected chi connectivity index (χ1v) is 10.7. The zero-order valence-corrected chi connectivity index (χ0v) is 16.7. The molecule has 0 saturated carbocycles. The number of rotatable bonds is 3. The van der Waals surface area contributed by atoms with Crippen LogP contribution in [0.1, 0.15) is 22.8 Å². The highest BCUT2D eigenvalue weighted by atomic mass is 32.1. The van der Waals surface area contributed by atoms with Gasteiger partial charge in [-0.2, -0.15) is 0 Å². The minimum absolute atomic E-state index is 0.773. The van der Waals surface area contributed by atoms with E-state index in [1.54, 1.807) is 0 Å². The highest BCUT2D eigenvalue weighted by molar-refractivity contribution is 7.15. The number of ether oxygens (including phenoxy) is 1. The second-order valence-electron chi connectivity index (χ2n) is 7.42. The molecule has 0 bridgehead atoms.